The number of carbonyl (C=O) groups excluding carboxylic acids is 2. The van der Waals surface area contributed by atoms with E-state index >= 15 is 0 Å². The molecule has 0 radical (unpaired) electrons. The lowest BCUT2D eigenvalue weighted by atomic mass is 10.0. The van der Waals surface area contributed by atoms with Crippen molar-refractivity contribution in [2.75, 3.05) is 31.8 Å². The van der Waals surface area contributed by atoms with E-state index < -0.39 is 12.0 Å². The Morgan fingerprint density at radius 2 is 1.82 bits per heavy atom. The Hall–Kier alpha value is -0.930. The molecule has 0 aromatic rings. The van der Waals surface area contributed by atoms with Gasteiger partial charge in [0, 0.05) is 25.2 Å². The Morgan fingerprint density at radius 1 is 1.18 bits per heavy atom. The van der Waals surface area contributed by atoms with Crippen molar-refractivity contribution in [3.05, 3.63) is 0 Å². The van der Waals surface area contributed by atoms with Crippen LogP contribution in [-0.2, 0) is 19.1 Å². The van der Waals surface area contributed by atoms with Gasteiger partial charge in [0.1, 0.15) is 12.6 Å². The van der Waals surface area contributed by atoms with E-state index in [0.29, 0.717) is 18.1 Å². The molecule has 0 heterocycles. The number of hydrogen-bond donors (Lipinski definition) is 3. The first-order chi connectivity index (χ1) is 10.4. The lowest BCUT2D eigenvalue weighted by molar-refractivity contribution is -0.136. The van der Waals surface area contributed by atoms with Crippen molar-refractivity contribution >= 4 is 39.4 Å². The summed E-state index contributed by atoms with van der Waals surface area (Å²) in [6.45, 7) is 4.10. The van der Waals surface area contributed by atoms with Gasteiger partial charge in [-0.3, -0.25) is 14.4 Å². The van der Waals surface area contributed by atoms with Crippen LogP contribution in [0.15, 0.2) is 0 Å². The molecule has 1 atom stereocenters. The Balaban J connectivity index is 3.94. The molecule has 0 aliphatic heterocycles. The van der Waals surface area contributed by atoms with Crippen LogP contribution in [0.5, 0.6) is 0 Å². The van der Waals surface area contributed by atoms with Gasteiger partial charge in [0.2, 0.25) is 11.8 Å². The minimum absolute atomic E-state index is 0.0293. The van der Waals surface area contributed by atoms with E-state index in [1.54, 1.807) is 0 Å². The van der Waals surface area contributed by atoms with E-state index in [2.05, 4.69) is 10.6 Å². The Bertz CT molecular complexity index is 366. The van der Waals surface area contributed by atoms with Crippen molar-refractivity contribution in [2.24, 2.45) is 5.92 Å². The van der Waals surface area contributed by atoms with Crippen LogP contribution in [0.4, 0.5) is 0 Å². The number of hydrogen-bond acceptors (Lipinski definition) is 6. The molecule has 0 fully saturated rings. The van der Waals surface area contributed by atoms with Crippen LogP contribution >= 0.6 is 21.6 Å². The van der Waals surface area contributed by atoms with Crippen molar-refractivity contribution in [2.45, 2.75) is 26.3 Å². The zero-order chi connectivity index (χ0) is 17.0. The molecule has 7 nitrogen and oxygen atoms in total. The third kappa shape index (κ3) is 10.7. The molecule has 0 aromatic carbocycles. The molecule has 0 saturated heterocycles. The molecule has 3 N–H and O–H groups in total. The van der Waals surface area contributed by atoms with Crippen molar-refractivity contribution in [3.8, 4) is 0 Å². The molecule has 2 amide bonds. The second kappa shape index (κ2) is 12.6. The standard InChI is InChI=1S/C13H24N2O5S2/c1-9(2)12(15-10(16)8-20-3)13(19)14-5-7-22-21-6-4-11(17)18/h9,12H,4-8H2,1-3H3,(H,14,19)(H,15,16)(H,17,18)/t12-/m0/s1. The van der Waals surface area contributed by atoms with Gasteiger partial charge in [-0.2, -0.15) is 0 Å². The van der Waals surface area contributed by atoms with Crippen molar-refractivity contribution in [1.29, 1.82) is 0 Å². The van der Waals surface area contributed by atoms with Crippen molar-refractivity contribution in [3.63, 3.8) is 0 Å². The first kappa shape index (κ1) is 21.1. The number of carboxylic acids is 1. The molecule has 22 heavy (non-hydrogen) atoms. The van der Waals surface area contributed by atoms with E-state index in [9.17, 15) is 14.4 Å². The van der Waals surface area contributed by atoms with E-state index in [-0.39, 0.29) is 30.8 Å². The van der Waals surface area contributed by atoms with Crippen LogP contribution in [0.1, 0.15) is 20.3 Å². The molecule has 0 rings (SSSR count). The largest absolute Gasteiger partial charge is 0.481 e. The molecule has 0 aliphatic carbocycles. The summed E-state index contributed by atoms with van der Waals surface area (Å²) >= 11 is 0. The van der Waals surface area contributed by atoms with Crippen molar-refractivity contribution < 1.29 is 24.2 Å². The fourth-order valence-electron chi connectivity index (χ4n) is 1.45. The Labute approximate surface area is 138 Å². The molecule has 0 aromatic heterocycles. The predicted molar refractivity (Wildman–Crippen MR) is 88.8 cm³/mol. The predicted octanol–water partition coefficient (Wildman–Crippen LogP) is 0.746. The molecule has 0 bridgehead atoms. The molecule has 0 aliphatic rings. The number of methoxy groups -OCH3 is 1. The highest BCUT2D eigenvalue weighted by atomic mass is 33.1. The van der Waals surface area contributed by atoms with Crippen LogP contribution < -0.4 is 10.6 Å². The van der Waals surface area contributed by atoms with Gasteiger partial charge in [-0.1, -0.05) is 35.4 Å². The smallest absolute Gasteiger partial charge is 0.304 e. The summed E-state index contributed by atoms with van der Waals surface area (Å²) in [4.78, 5) is 33.9. The average Bonchev–Trinajstić information content (AvgIpc) is 2.43. The van der Waals surface area contributed by atoms with Gasteiger partial charge in [-0.05, 0) is 5.92 Å². The van der Waals surface area contributed by atoms with Gasteiger partial charge >= 0.3 is 5.97 Å². The van der Waals surface area contributed by atoms with Crippen LogP contribution in [0.25, 0.3) is 0 Å². The van der Waals surface area contributed by atoms with Crippen LogP contribution in [0, 0.1) is 5.92 Å². The summed E-state index contributed by atoms with van der Waals surface area (Å²) in [7, 11) is 4.39. The topological polar surface area (TPSA) is 105 Å². The number of nitrogens with one attached hydrogen (secondary N) is 2. The van der Waals surface area contributed by atoms with E-state index in [0.717, 1.165) is 0 Å². The summed E-state index contributed by atoms with van der Waals surface area (Å²) in [5, 5.41) is 13.9. The van der Waals surface area contributed by atoms with Crippen molar-refractivity contribution in [1.82, 2.24) is 10.6 Å². The molecular formula is C13H24N2O5S2. The van der Waals surface area contributed by atoms with Gasteiger partial charge in [-0.15, -0.1) is 0 Å². The Morgan fingerprint density at radius 3 is 2.36 bits per heavy atom. The lowest BCUT2D eigenvalue weighted by Gasteiger charge is -2.21. The lowest BCUT2D eigenvalue weighted by Crippen LogP contribution is -2.50. The highest BCUT2D eigenvalue weighted by molar-refractivity contribution is 8.76. The van der Waals surface area contributed by atoms with E-state index in [4.69, 9.17) is 9.84 Å². The summed E-state index contributed by atoms with van der Waals surface area (Å²) in [6, 6.07) is -0.590. The van der Waals surface area contributed by atoms with E-state index in [1.807, 2.05) is 13.8 Å². The van der Waals surface area contributed by atoms with Gasteiger partial charge < -0.3 is 20.5 Å². The first-order valence-electron chi connectivity index (χ1n) is 6.90. The van der Waals surface area contributed by atoms with E-state index in [1.165, 1.54) is 28.7 Å². The number of aliphatic carboxylic acids is 1. The molecule has 0 saturated carbocycles. The highest BCUT2D eigenvalue weighted by Gasteiger charge is 2.23. The summed E-state index contributed by atoms with van der Waals surface area (Å²) in [5.41, 5.74) is 0. The maximum Gasteiger partial charge on any atom is 0.304 e. The number of ether oxygens (including phenoxy) is 1. The number of amides is 2. The maximum absolute atomic E-state index is 12.0. The number of carboxylic acid groups (broad SMARTS) is 1. The minimum Gasteiger partial charge on any atom is -0.481 e. The first-order valence-corrected chi connectivity index (χ1v) is 9.39. The average molecular weight is 352 g/mol. The zero-order valence-electron chi connectivity index (χ0n) is 13.1. The van der Waals surface area contributed by atoms with Gasteiger partial charge in [0.25, 0.3) is 0 Å². The molecule has 128 valence electrons. The summed E-state index contributed by atoms with van der Waals surface area (Å²) in [6.07, 6.45) is 0.130. The molecule has 0 unspecified atom stereocenters. The van der Waals surface area contributed by atoms with Gasteiger partial charge in [-0.25, -0.2) is 0 Å². The fraction of sp³-hybridized carbons (Fsp3) is 0.769. The second-order valence-corrected chi connectivity index (χ2v) is 7.50. The Kier molecular flexibility index (Phi) is 12.1. The van der Waals surface area contributed by atoms with Crippen LogP contribution in [0.2, 0.25) is 0 Å². The molecule has 0 spiro atoms. The third-order valence-corrected chi connectivity index (χ3v) is 4.92. The SMILES string of the molecule is COCC(=O)N[C@H](C(=O)NCCSSCCC(=O)O)C(C)C. The second-order valence-electron chi connectivity index (χ2n) is 4.80. The molecule has 9 heteroatoms. The highest BCUT2D eigenvalue weighted by Crippen LogP contribution is 2.20. The monoisotopic (exact) mass is 352 g/mol. The summed E-state index contributed by atoms with van der Waals surface area (Å²) in [5.74, 6) is -0.181. The quantitative estimate of drug-likeness (QED) is 0.351. The normalized spacial score (nSPS) is 12.0. The number of carbonyl (C=O) groups is 3. The van der Waals surface area contributed by atoms with Crippen LogP contribution in [-0.4, -0.2) is 60.7 Å². The molecular weight excluding hydrogens is 328 g/mol. The zero-order valence-corrected chi connectivity index (χ0v) is 14.7. The fourth-order valence-corrected chi connectivity index (χ4v) is 3.34. The van der Waals surface area contributed by atoms with Gasteiger partial charge in [0.15, 0.2) is 0 Å². The summed E-state index contributed by atoms with van der Waals surface area (Å²) < 4.78 is 4.73. The van der Waals surface area contributed by atoms with Crippen LogP contribution in [0.3, 0.4) is 0 Å². The maximum atomic E-state index is 12.0. The van der Waals surface area contributed by atoms with Gasteiger partial charge in [0.05, 0.1) is 6.42 Å². The minimum atomic E-state index is -0.812. The third-order valence-electron chi connectivity index (χ3n) is 2.51. The number of rotatable bonds is 12.